The molecule has 0 aliphatic carbocycles. The number of Topliss-reactive ketones (excluding diaryl/α,β-unsaturated/α-hetero) is 1. The SMILES string of the molecule is COc1cc(C(C)=O)cc(C)c1[N+](=O)[O-]. The number of rotatable bonds is 3. The molecule has 0 amide bonds. The van der Waals surface area contributed by atoms with Crippen molar-refractivity contribution < 1.29 is 14.5 Å². The van der Waals surface area contributed by atoms with Crippen LogP contribution in [0.15, 0.2) is 12.1 Å². The molecule has 0 radical (unpaired) electrons. The third-order valence-electron chi connectivity index (χ3n) is 2.07. The fraction of sp³-hybridized carbons (Fsp3) is 0.300. The largest absolute Gasteiger partial charge is 0.490 e. The van der Waals surface area contributed by atoms with E-state index in [2.05, 4.69) is 0 Å². The molecule has 5 nitrogen and oxygen atoms in total. The maximum Gasteiger partial charge on any atom is 0.313 e. The van der Waals surface area contributed by atoms with E-state index < -0.39 is 4.92 Å². The van der Waals surface area contributed by atoms with Crippen LogP contribution < -0.4 is 4.74 Å². The van der Waals surface area contributed by atoms with Gasteiger partial charge >= 0.3 is 5.69 Å². The minimum Gasteiger partial charge on any atom is -0.490 e. The second-order valence-electron chi connectivity index (χ2n) is 3.16. The highest BCUT2D eigenvalue weighted by atomic mass is 16.6. The molecule has 0 spiro atoms. The van der Waals surface area contributed by atoms with Crippen molar-refractivity contribution in [1.29, 1.82) is 0 Å². The summed E-state index contributed by atoms with van der Waals surface area (Å²) in [4.78, 5) is 21.3. The first-order chi connectivity index (χ1) is 6.97. The van der Waals surface area contributed by atoms with Crippen LogP contribution in [-0.2, 0) is 0 Å². The molecule has 1 aromatic carbocycles. The maximum absolute atomic E-state index is 11.1. The molecule has 0 saturated heterocycles. The van der Waals surface area contributed by atoms with Crippen LogP contribution in [0.1, 0.15) is 22.8 Å². The predicted octanol–water partition coefficient (Wildman–Crippen LogP) is 2.11. The first-order valence-corrected chi connectivity index (χ1v) is 4.31. The lowest BCUT2D eigenvalue weighted by Crippen LogP contribution is -2.00. The zero-order chi connectivity index (χ0) is 11.6. The Hall–Kier alpha value is -1.91. The Morgan fingerprint density at radius 2 is 2.07 bits per heavy atom. The summed E-state index contributed by atoms with van der Waals surface area (Å²) in [5.74, 6) is -0.0310. The summed E-state index contributed by atoms with van der Waals surface area (Å²) >= 11 is 0. The Kier molecular flexibility index (Phi) is 3.04. The lowest BCUT2D eigenvalue weighted by Gasteiger charge is -2.06. The Morgan fingerprint density at radius 3 is 2.47 bits per heavy atom. The van der Waals surface area contributed by atoms with E-state index in [-0.39, 0.29) is 17.2 Å². The lowest BCUT2D eigenvalue weighted by molar-refractivity contribution is -0.386. The highest BCUT2D eigenvalue weighted by Gasteiger charge is 2.20. The van der Waals surface area contributed by atoms with E-state index in [1.165, 1.54) is 26.2 Å². The minimum atomic E-state index is -0.516. The second kappa shape index (κ2) is 4.08. The summed E-state index contributed by atoms with van der Waals surface area (Å²) in [6.45, 7) is 2.98. The van der Waals surface area contributed by atoms with Crippen LogP contribution in [0.5, 0.6) is 5.75 Å². The molecule has 0 aliphatic heterocycles. The standard InChI is InChI=1S/C10H11NO4/c1-6-4-8(7(2)12)5-9(15-3)10(6)11(13)14/h4-5H,1-3H3. The van der Waals surface area contributed by atoms with E-state index in [1.807, 2.05) is 0 Å². The van der Waals surface area contributed by atoms with Crippen molar-refractivity contribution in [1.82, 2.24) is 0 Å². The molecule has 0 aliphatic rings. The number of methoxy groups -OCH3 is 1. The number of aryl methyl sites for hydroxylation is 1. The molecule has 1 aromatic rings. The first kappa shape index (κ1) is 11.2. The number of benzene rings is 1. The van der Waals surface area contributed by atoms with Gasteiger partial charge < -0.3 is 4.74 Å². The second-order valence-corrected chi connectivity index (χ2v) is 3.16. The first-order valence-electron chi connectivity index (χ1n) is 4.31. The topological polar surface area (TPSA) is 69.4 Å². The van der Waals surface area contributed by atoms with E-state index in [1.54, 1.807) is 6.92 Å². The van der Waals surface area contributed by atoms with Gasteiger partial charge in [0.2, 0.25) is 0 Å². The highest BCUT2D eigenvalue weighted by Crippen LogP contribution is 2.31. The van der Waals surface area contributed by atoms with Gasteiger partial charge in [-0.2, -0.15) is 0 Å². The molecule has 0 aromatic heterocycles. The van der Waals surface area contributed by atoms with Gasteiger partial charge in [0.05, 0.1) is 12.0 Å². The summed E-state index contributed by atoms with van der Waals surface area (Å²) in [6.07, 6.45) is 0. The Bertz CT molecular complexity index is 426. The van der Waals surface area contributed by atoms with E-state index in [0.29, 0.717) is 11.1 Å². The van der Waals surface area contributed by atoms with Crippen LogP contribution in [-0.4, -0.2) is 17.8 Å². The van der Waals surface area contributed by atoms with Gasteiger partial charge in [0, 0.05) is 11.1 Å². The Morgan fingerprint density at radius 1 is 1.47 bits per heavy atom. The summed E-state index contributed by atoms with van der Waals surface area (Å²) in [6, 6.07) is 2.87. The van der Waals surface area contributed by atoms with Crippen molar-refractivity contribution in [3.05, 3.63) is 33.4 Å². The van der Waals surface area contributed by atoms with Gasteiger partial charge in [-0.25, -0.2) is 0 Å². The molecular formula is C10H11NO4. The quantitative estimate of drug-likeness (QED) is 0.434. The molecule has 0 atom stereocenters. The highest BCUT2D eigenvalue weighted by molar-refractivity contribution is 5.95. The number of nitrogens with zero attached hydrogens (tertiary/aromatic N) is 1. The number of hydrogen-bond acceptors (Lipinski definition) is 4. The van der Waals surface area contributed by atoms with Crippen LogP contribution in [0.3, 0.4) is 0 Å². The molecule has 80 valence electrons. The van der Waals surface area contributed by atoms with Gasteiger partial charge in [0.1, 0.15) is 0 Å². The average Bonchev–Trinajstić information content (AvgIpc) is 2.15. The van der Waals surface area contributed by atoms with Crippen molar-refractivity contribution in [2.75, 3.05) is 7.11 Å². The van der Waals surface area contributed by atoms with Gasteiger partial charge in [-0.05, 0) is 26.0 Å². The van der Waals surface area contributed by atoms with Crippen LogP contribution in [0.4, 0.5) is 5.69 Å². The predicted molar refractivity (Wildman–Crippen MR) is 54.4 cm³/mol. The lowest BCUT2D eigenvalue weighted by atomic mass is 10.1. The van der Waals surface area contributed by atoms with Crippen molar-refractivity contribution in [3.63, 3.8) is 0 Å². The van der Waals surface area contributed by atoms with E-state index in [9.17, 15) is 14.9 Å². The fourth-order valence-electron chi connectivity index (χ4n) is 1.34. The molecule has 0 unspecified atom stereocenters. The molecule has 0 fully saturated rings. The van der Waals surface area contributed by atoms with Gasteiger partial charge in [-0.3, -0.25) is 14.9 Å². The van der Waals surface area contributed by atoms with E-state index in [4.69, 9.17) is 4.74 Å². The molecule has 0 heterocycles. The smallest absolute Gasteiger partial charge is 0.313 e. The molecule has 0 saturated carbocycles. The van der Waals surface area contributed by atoms with Crippen molar-refractivity contribution in [3.8, 4) is 5.75 Å². The Labute approximate surface area is 86.8 Å². The molecular weight excluding hydrogens is 198 g/mol. The van der Waals surface area contributed by atoms with Gasteiger partial charge in [0.25, 0.3) is 0 Å². The average molecular weight is 209 g/mol. The number of hydrogen-bond donors (Lipinski definition) is 0. The van der Waals surface area contributed by atoms with Crippen LogP contribution in [0.25, 0.3) is 0 Å². The molecule has 0 N–H and O–H groups in total. The van der Waals surface area contributed by atoms with Gasteiger partial charge in [0.15, 0.2) is 11.5 Å². The third-order valence-corrected chi connectivity index (χ3v) is 2.07. The number of carbonyl (C=O) groups is 1. The van der Waals surface area contributed by atoms with Crippen molar-refractivity contribution in [2.45, 2.75) is 13.8 Å². The van der Waals surface area contributed by atoms with Crippen LogP contribution >= 0.6 is 0 Å². The van der Waals surface area contributed by atoms with Crippen molar-refractivity contribution >= 4 is 11.5 Å². The van der Waals surface area contributed by atoms with E-state index in [0.717, 1.165) is 0 Å². The summed E-state index contributed by atoms with van der Waals surface area (Å²) in [7, 11) is 1.34. The number of nitro groups is 1. The summed E-state index contributed by atoms with van der Waals surface area (Å²) < 4.78 is 4.88. The van der Waals surface area contributed by atoms with Crippen LogP contribution in [0.2, 0.25) is 0 Å². The number of ether oxygens (including phenoxy) is 1. The number of ketones is 1. The van der Waals surface area contributed by atoms with Gasteiger partial charge in [-0.1, -0.05) is 0 Å². The molecule has 15 heavy (non-hydrogen) atoms. The fourth-order valence-corrected chi connectivity index (χ4v) is 1.34. The maximum atomic E-state index is 11.1. The number of nitro benzene ring substituents is 1. The zero-order valence-corrected chi connectivity index (χ0v) is 8.73. The summed E-state index contributed by atoms with van der Waals surface area (Å²) in [5.41, 5.74) is 0.738. The normalized spacial score (nSPS) is 9.80. The van der Waals surface area contributed by atoms with Crippen molar-refractivity contribution in [2.24, 2.45) is 0 Å². The number of carbonyl (C=O) groups excluding carboxylic acids is 1. The zero-order valence-electron chi connectivity index (χ0n) is 8.73. The van der Waals surface area contributed by atoms with Gasteiger partial charge in [-0.15, -0.1) is 0 Å². The summed E-state index contributed by atoms with van der Waals surface area (Å²) in [5, 5.41) is 10.7. The van der Waals surface area contributed by atoms with Crippen LogP contribution in [0, 0.1) is 17.0 Å². The molecule has 5 heteroatoms. The third kappa shape index (κ3) is 2.12. The minimum absolute atomic E-state index is 0.0949. The molecule has 1 rings (SSSR count). The molecule has 0 bridgehead atoms. The Balaban J connectivity index is 3.43. The monoisotopic (exact) mass is 209 g/mol. The van der Waals surface area contributed by atoms with E-state index >= 15 is 0 Å².